The molecule has 0 bridgehead atoms. The van der Waals surface area contributed by atoms with Gasteiger partial charge in [-0.05, 0) is 36.6 Å². The van der Waals surface area contributed by atoms with Gasteiger partial charge in [0.2, 0.25) is 5.91 Å². The molecule has 1 aromatic heterocycles. The minimum Gasteiger partial charge on any atom is -0.361 e. The molecule has 4 rings (SSSR count). The van der Waals surface area contributed by atoms with Crippen molar-refractivity contribution in [3.8, 4) is 0 Å². The topological polar surface area (TPSA) is 44.9 Å². The van der Waals surface area contributed by atoms with Crippen molar-refractivity contribution in [3.63, 3.8) is 0 Å². The summed E-state index contributed by atoms with van der Waals surface area (Å²) in [5.74, 6) is 0.0481. The van der Waals surface area contributed by atoms with Gasteiger partial charge in [0.1, 0.15) is 0 Å². The Morgan fingerprint density at radius 3 is 2.34 bits per heavy atom. The van der Waals surface area contributed by atoms with E-state index in [1.54, 1.807) is 0 Å². The van der Waals surface area contributed by atoms with E-state index in [0.29, 0.717) is 6.42 Å². The molecule has 146 valence electrons. The first-order valence-electron chi connectivity index (χ1n) is 10.1. The molecule has 3 aromatic carbocycles. The van der Waals surface area contributed by atoms with Crippen LogP contribution >= 0.6 is 0 Å². The zero-order valence-corrected chi connectivity index (χ0v) is 16.9. The van der Waals surface area contributed by atoms with Crippen molar-refractivity contribution in [2.24, 2.45) is 0 Å². The summed E-state index contributed by atoms with van der Waals surface area (Å²) in [4.78, 5) is 16.3. The number of benzene rings is 3. The Balaban J connectivity index is 1.62. The molecule has 0 aliphatic heterocycles. The lowest BCUT2D eigenvalue weighted by molar-refractivity contribution is -0.121. The Hall–Kier alpha value is -3.33. The van der Waals surface area contributed by atoms with Crippen LogP contribution in [0.3, 0.4) is 0 Å². The Labute approximate surface area is 171 Å². The van der Waals surface area contributed by atoms with Crippen LogP contribution in [-0.4, -0.2) is 10.9 Å². The van der Waals surface area contributed by atoms with E-state index in [-0.39, 0.29) is 17.9 Å². The summed E-state index contributed by atoms with van der Waals surface area (Å²) < 4.78 is 0. The molecule has 0 unspecified atom stereocenters. The third-order valence-corrected chi connectivity index (χ3v) is 5.54. The number of hydrogen-bond acceptors (Lipinski definition) is 1. The molecule has 0 radical (unpaired) electrons. The summed E-state index contributed by atoms with van der Waals surface area (Å²) >= 11 is 0. The van der Waals surface area contributed by atoms with Gasteiger partial charge < -0.3 is 10.3 Å². The van der Waals surface area contributed by atoms with Crippen molar-refractivity contribution in [2.75, 3.05) is 0 Å². The van der Waals surface area contributed by atoms with Gasteiger partial charge in [-0.15, -0.1) is 0 Å². The molecule has 4 aromatic rings. The number of aromatic amines is 1. The zero-order valence-electron chi connectivity index (χ0n) is 16.9. The van der Waals surface area contributed by atoms with E-state index in [4.69, 9.17) is 0 Å². The van der Waals surface area contributed by atoms with Crippen LogP contribution in [0.4, 0.5) is 0 Å². The van der Waals surface area contributed by atoms with Gasteiger partial charge in [0.05, 0.1) is 6.04 Å². The van der Waals surface area contributed by atoms with E-state index in [1.807, 2.05) is 55.6 Å². The number of amides is 1. The highest BCUT2D eigenvalue weighted by molar-refractivity contribution is 5.86. The maximum absolute atomic E-state index is 13.0. The standard InChI is InChI=1S/C26H26N2O/c1-18-12-14-21(15-13-18)23(24-17-27-25-11-7-6-10-22(24)25)16-26(29)28-19(2)20-8-4-3-5-9-20/h3-15,17,19,23,27H,16H2,1-2H3,(H,28,29)/t19-,23+/m0/s1. The van der Waals surface area contributed by atoms with E-state index < -0.39 is 0 Å². The SMILES string of the molecule is Cc1ccc([C@@H](CC(=O)N[C@@H](C)c2ccccc2)c2c[nH]c3ccccc23)cc1. The second kappa shape index (κ2) is 8.36. The minimum absolute atomic E-state index is 0.00489. The first-order chi connectivity index (χ1) is 14.1. The van der Waals surface area contributed by atoms with Crippen molar-refractivity contribution in [1.29, 1.82) is 0 Å². The number of para-hydroxylation sites is 1. The number of rotatable bonds is 6. The molecule has 2 N–H and O–H groups in total. The highest BCUT2D eigenvalue weighted by Gasteiger charge is 2.22. The van der Waals surface area contributed by atoms with E-state index in [0.717, 1.165) is 22.2 Å². The average molecular weight is 383 g/mol. The van der Waals surface area contributed by atoms with Crippen LogP contribution in [0.15, 0.2) is 85.1 Å². The molecule has 0 fully saturated rings. The first-order valence-corrected chi connectivity index (χ1v) is 10.1. The van der Waals surface area contributed by atoms with Crippen molar-refractivity contribution in [3.05, 3.63) is 107 Å². The molecule has 0 saturated carbocycles. The highest BCUT2D eigenvalue weighted by Crippen LogP contribution is 2.33. The smallest absolute Gasteiger partial charge is 0.221 e. The number of carbonyl (C=O) groups excluding carboxylic acids is 1. The number of H-pyrrole nitrogens is 1. The molecular weight excluding hydrogens is 356 g/mol. The molecule has 29 heavy (non-hydrogen) atoms. The summed E-state index contributed by atoms with van der Waals surface area (Å²) in [6, 6.07) is 26.8. The lowest BCUT2D eigenvalue weighted by Crippen LogP contribution is -2.28. The summed E-state index contributed by atoms with van der Waals surface area (Å²) in [6.45, 7) is 4.11. The molecule has 0 aliphatic carbocycles. The normalized spacial score (nSPS) is 13.2. The fourth-order valence-corrected chi connectivity index (χ4v) is 3.90. The van der Waals surface area contributed by atoms with Crippen molar-refractivity contribution in [2.45, 2.75) is 32.2 Å². The molecule has 1 heterocycles. The Morgan fingerprint density at radius 2 is 1.59 bits per heavy atom. The van der Waals surface area contributed by atoms with Gasteiger partial charge in [-0.1, -0.05) is 78.4 Å². The monoisotopic (exact) mass is 382 g/mol. The second-order valence-corrected chi connectivity index (χ2v) is 7.66. The molecule has 0 saturated heterocycles. The number of fused-ring (bicyclic) bond motifs is 1. The highest BCUT2D eigenvalue weighted by atomic mass is 16.1. The summed E-state index contributed by atoms with van der Waals surface area (Å²) in [6.07, 6.45) is 2.45. The van der Waals surface area contributed by atoms with Gasteiger partial charge >= 0.3 is 0 Å². The molecule has 2 atom stereocenters. The number of carbonyl (C=O) groups is 1. The summed E-state index contributed by atoms with van der Waals surface area (Å²) in [5, 5.41) is 4.34. The fraction of sp³-hybridized carbons (Fsp3) is 0.192. The molecule has 3 heteroatoms. The van der Waals surface area contributed by atoms with Gasteiger partial charge in [0.25, 0.3) is 0 Å². The largest absolute Gasteiger partial charge is 0.361 e. The van der Waals surface area contributed by atoms with Crippen LogP contribution in [0.5, 0.6) is 0 Å². The van der Waals surface area contributed by atoms with Gasteiger partial charge in [-0.25, -0.2) is 0 Å². The second-order valence-electron chi connectivity index (χ2n) is 7.66. The van der Waals surface area contributed by atoms with E-state index >= 15 is 0 Å². The number of aryl methyl sites for hydroxylation is 1. The molecular formula is C26H26N2O. The maximum atomic E-state index is 13.0. The van der Waals surface area contributed by atoms with Crippen molar-refractivity contribution in [1.82, 2.24) is 10.3 Å². The maximum Gasteiger partial charge on any atom is 0.221 e. The molecule has 1 amide bonds. The van der Waals surface area contributed by atoms with Gasteiger partial charge in [-0.2, -0.15) is 0 Å². The summed E-state index contributed by atoms with van der Waals surface area (Å²) in [7, 11) is 0. The number of nitrogens with one attached hydrogen (secondary N) is 2. The number of aromatic nitrogens is 1. The van der Waals surface area contributed by atoms with E-state index in [9.17, 15) is 4.79 Å². The zero-order chi connectivity index (χ0) is 20.2. The molecule has 0 spiro atoms. The van der Waals surface area contributed by atoms with Crippen LogP contribution in [0.1, 0.15) is 47.6 Å². The van der Waals surface area contributed by atoms with E-state index in [1.165, 1.54) is 10.9 Å². The van der Waals surface area contributed by atoms with Crippen LogP contribution in [0, 0.1) is 6.92 Å². The third kappa shape index (κ3) is 4.24. The lowest BCUT2D eigenvalue weighted by Gasteiger charge is -2.20. The van der Waals surface area contributed by atoms with Gasteiger partial charge in [0.15, 0.2) is 0 Å². The number of hydrogen-bond donors (Lipinski definition) is 2. The molecule has 0 aliphatic rings. The van der Waals surface area contributed by atoms with Gasteiger partial charge in [0, 0.05) is 29.4 Å². The predicted octanol–water partition coefficient (Wildman–Crippen LogP) is 5.88. The first kappa shape index (κ1) is 19.0. The average Bonchev–Trinajstić information content (AvgIpc) is 3.17. The third-order valence-electron chi connectivity index (χ3n) is 5.54. The van der Waals surface area contributed by atoms with Crippen molar-refractivity contribution >= 4 is 16.8 Å². The predicted molar refractivity (Wildman–Crippen MR) is 119 cm³/mol. The minimum atomic E-state index is -0.0228. The van der Waals surface area contributed by atoms with Crippen LogP contribution < -0.4 is 5.32 Å². The van der Waals surface area contributed by atoms with E-state index in [2.05, 4.69) is 53.6 Å². The summed E-state index contributed by atoms with van der Waals surface area (Å²) in [5.41, 5.74) is 5.74. The Morgan fingerprint density at radius 1 is 0.897 bits per heavy atom. The Kier molecular flexibility index (Phi) is 5.48. The molecule has 3 nitrogen and oxygen atoms in total. The van der Waals surface area contributed by atoms with Crippen molar-refractivity contribution < 1.29 is 4.79 Å². The van der Waals surface area contributed by atoms with Gasteiger partial charge in [-0.3, -0.25) is 4.79 Å². The fourth-order valence-electron chi connectivity index (χ4n) is 3.90. The Bertz CT molecular complexity index is 1100. The van der Waals surface area contributed by atoms with Crippen LogP contribution in [-0.2, 0) is 4.79 Å². The quantitative estimate of drug-likeness (QED) is 0.430. The van der Waals surface area contributed by atoms with Crippen LogP contribution in [0.2, 0.25) is 0 Å². The van der Waals surface area contributed by atoms with Crippen LogP contribution in [0.25, 0.3) is 10.9 Å². The lowest BCUT2D eigenvalue weighted by atomic mass is 9.87.